The van der Waals surface area contributed by atoms with Crippen LogP contribution in [0.5, 0.6) is 0 Å². The molecule has 0 saturated carbocycles. The molecule has 0 radical (unpaired) electrons. The van der Waals surface area contributed by atoms with Crippen molar-refractivity contribution in [3.05, 3.63) is 0 Å². The van der Waals surface area contributed by atoms with Gasteiger partial charge in [0.25, 0.3) is 0 Å². The van der Waals surface area contributed by atoms with E-state index in [1.54, 1.807) is 0 Å². The molecule has 60 valence electrons. The first-order valence-corrected chi connectivity index (χ1v) is 3.78. The molecule has 0 aliphatic carbocycles. The lowest BCUT2D eigenvalue weighted by molar-refractivity contribution is 0.0825. The fourth-order valence-corrected chi connectivity index (χ4v) is 1.21. The Morgan fingerprint density at radius 1 is 1.70 bits per heavy atom. The van der Waals surface area contributed by atoms with E-state index in [1.807, 2.05) is 0 Å². The van der Waals surface area contributed by atoms with Crippen LogP contribution in [0.2, 0.25) is 0 Å². The van der Waals surface area contributed by atoms with E-state index in [0.717, 1.165) is 19.4 Å². The van der Waals surface area contributed by atoms with Gasteiger partial charge in [-0.3, -0.25) is 0 Å². The molecule has 0 aromatic heterocycles. The number of hydrogen-bond donors (Lipinski definition) is 1. The van der Waals surface area contributed by atoms with Gasteiger partial charge in [0.15, 0.2) is 0 Å². The molecule has 1 fully saturated rings. The standard InChI is InChI=1S/C7H14FNO/c8-6(5-9)4-7-2-1-3-10-7/h6-7H,1-5,9H2. The third-order valence-electron chi connectivity index (χ3n) is 1.80. The van der Waals surface area contributed by atoms with E-state index in [0.29, 0.717) is 6.42 Å². The van der Waals surface area contributed by atoms with Gasteiger partial charge < -0.3 is 10.5 Å². The minimum absolute atomic E-state index is 0.125. The Balaban J connectivity index is 2.11. The van der Waals surface area contributed by atoms with Crippen LogP contribution >= 0.6 is 0 Å². The van der Waals surface area contributed by atoms with Crippen molar-refractivity contribution in [2.45, 2.75) is 31.5 Å². The molecule has 2 N–H and O–H groups in total. The molecule has 0 bridgehead atoms. The monoisotopic (exact) mass is 147 g/mol. The summed E-state index contributed by atoms with van der Waals surface area (Å²) in [7, 11) is 0. The van der Waals surface area contributed by atoms with Gasteiger partial charge in [-0.15, -0.1) is 0 Å². The van der Waals surface area contributed by atoms with Crippen LogP contribution in [0.15, 0.2) is 0 Å². The van der Waals surface area contributed by atoms with E-state index in [9.17, 15) is 4.39 Å². The molecular weight excluding hydrogens is 133 g/mol. The van der Waals surface area contributed by atoms with Crippen LogP contribution in [0.3, 0.4) is 0 Å². The zero-order chi connectivity index (χ0) is 7.40. The number of nitrogens with two attached hydrogens (primary N) is 1. The lowest BCUT2D eigenvalue weighted by Gasteiger charge is -2.10. The molecule has 0 amide bonds. The molecular formula is C7H14FNO. The third kappa shape index (κ3) is 2.23. The Morgan fingerprint density at radius 2 is 2.50 bits per heavy atom. The second-order valence-electron chi connectivity index (χ2n) is 2.70. The topological polar surface area (TPSA) is 35.2 Å². The number of rotatable bonds is 3. The third-order valence-corrected chi connectivity index (χ3v) is 1.80. The lowest BCUT2D eigenvalue weighted by atomic mass is 10.1. The van der Waals surface area contributed by atoms with E-state index < -0.39 is 6.17 Å². The first kappa shape index (κ1) is 7.95. The second-order valence-corrected chi connectivity index (χ2v) is 2.70. The molecule has 1 rings (SSSR count). The van der Waals surface area contributed by atoms with E-state index in [4.69, 9.17) is 10.5 Å². The van der Waals surface area contributed by atoms with Gasteiger partial charge in [0.1, 0.15) is 6.17 Å². The Bertz CT molecular complexity index is 93.6. The Morgan fingerprint density at radius 3 is 3.00 bits per heavy atom. The van der Waals surface area contributed by atoms with E-state index in [2.05, 4.69) is 0 Å². The highest BCUT2D eigenvalue weighted by atomic mass is 19.1. The number of hydrogen-bond acceptors (Lipinski definition) is 2. The van der Waals surface area contributed by atoms with Crippen molar-refractivity contribution in [2.24, 2.45) is 5.73 Å². The molecule has 2 unspecified atom stereocenters. The van der Waals surface area contributed by atoms with Gasteiger partial charge in [-0.1, -0.05) is 0 Å². The van der Waals surface area contributed by atoms with Gasteiger partial charge in [0.2, 0.25) is 0 Å². The number of ether oxygens (including phenoxy) is 1. The van der Waals surface area contributed by atoms with Crippen molar-refractivity contribution >= 4 is 0 Å². The summed E-state index contributed by atoms with van der Waals surface area (Å²) < 4.78 is 17.8. The normalized spacial score (nSPS) is 28.8. The minimum Gasteiger partial charge on any atom is -0.378 e. The van der Waals surface area contributed by atoms with Crippen molar-refractivity contribution in [1.29, 1.82) is 0 Å². The summed E-state index contributed by atoms with van der Waals surface area (Å²) in [6.45, 7) is 0.918. The summed E-state index contributed by atoms with van der Waals surface area (Å²) in [5, 5.41) is 0. The predicted molar refractivity (Wildman–Crippen MR) is 37.5 cm³/mol. The Labute approximate surface area is 60.5 Å². The van der Waals surface area contributed by atoms with Crippen molar-refractivity contribution in [3.63, 3.8) is 0 Å². The fraction of sp³-hybridized carbons (Fsp3) is 1.00. The van der Waals surface area contributed by atoms with Crippen LogP contribution in [0, 0.1) is 0 Å². The highest BCUT2D eigenvalue weighted by Gasteiger charge is 2.19. The minimum atomic E-state index is -0.872. The first-order chi connectivity index (χ1) is 4.83. The summed E-state index contributed by atoms with van der Waals surface area (Å²) in [5.74, 6) is 0. The lowest BCUT2D eigenvalue weighted by Crippen LogP contribution is -2.21. The average Bonchev–Trinajstić information content (AvgIpc) is 2.40. The highest BCUT2D eigenvalue weighted by molar-refractivity contribution is 4.69. The summed E-state index contributed by atoms with van der Waals surface area (Å²) in [6.07, 6.45) is 1.82. The number of alkyl halides is 1. The van der Waals surface area contributed by atoms with E-state index in [-0.39, 0.29) is 12.6 Å². The predicted octanol–water partition coefficient (Wildman–Crippen LogP) is 0.852. The van der Waals surface area contributed by atoms with Gasteiger partial charge in [-0.05, 0) is 12.8 Å². The Hall–Kier alpha value is -0.150. The van der Waals surface area contributed by atoms with Crippen LogP contribution < -0.4 is 5.73 Å². The average molecular weight is 147 g/mol. The SMILES string of the molecule is NCC(F)CC1CCCO1. The number of halogens is 1. The second kappa shape index (κ2) is 3.88. The van der Waals surface area contributed by atoms with Crippen molar-refractivity contribution in [2.75, 3.05) is 13.2 Å². The molecule has 0 aromatic rings. The van der Waals surface area contributed by atoms with Crippen LogP contribution in [0.1, 0.15) is 19.3 Å². The summed E-state index contributed by atoms with van der Waals surface area (Å²) in [6, 6.07) is 0. The van der Waals surface area contributed by atoms with E-state index >= 15 is 0 Å². The van der Waals surface area contributed by atoms with Gasteiger partial charge in [0.05, 0.1) is 6.10 Å². The molecule has 3 heteroatoms. The van der Waals surface area contributed by atoms with Gasteiger partial charge >= 0.3 is 0 Å². The smallest absolute Gasteiger partial charge is 0.115 e. The van der Waals surface area contributed by atoms with Crippen molar-refractivity contribution in [3.8, 4) is 0 Å². The molecule has 1 aliphatic rings. The van der Waals surface area contributed by atoms with Crippen LogP contribution in [0.4, 0.5) is 4.39 Å². The highest BCUT2D eigenvalue weighted by Crippen LogP contribution is 2.17. The molecule has 0 spiro atoms. The zero-order valence-electron chi connectivity index (χ0n) is 6.05. The van der Waals surface area contributed by atoms with Crippen molar-refractivity contribution in [1.82, 2.24) is 0 Å². The molecule has 10 heavy (non-hydrogen) atoms. The van der Waals surface area contributed by atoms with Crippen LogP contribution in [-0.4, -0.2) is 25.4 Å². The molecule has 1 saturated heterocycles. The fourth-order valence-electron chi connectivity index (χ4n) is 1.21. The summed E-state index contributed by atoms with van der Waals surface area (Å²) in [4.78, 5) is 0. The summed E-state index contributed by atoms with van der Waals surface area (Å²) >= 11 is 0. The largest absolute Gasteiger partial charge is 0.378 e. The quantitative estimate of drug-likeness (QED) is 0.642. The molecule has 2 atom stereocenters. The Kier molecular flexibility index (Phi) is 3.09. The summed E-state index contributed by atoms with van der Waals surface area (Å²) in [5.41, 5.74) is 5.12. The molecule has 1 aliphatic heterocycles. The molecule has 2 nitrogen and oxygen atoms in total. The van der Waals surface area contributed by atoms with Crippen LogP contribution in [0.25, 0.3) is 0 Å². The maximum Gasteiger partial charge on any atom is 0.115 e. The molecule has 0 aromatic carbocycles. The zero-order valence-corrected chi connectivity index (χ0v) is 6.05. The van der Waals surface area contributed by atoms with Gasteiger partial charge in [-0.2, -0.15) is 0 Å². The van der Waals surface area contributed by atoms with Crippen LogP contribution in [-0.2, 0) is 4.74 Å². The maximum atomic E-state index is 12.6. The van der Waals surface area contributed by atoms with Gasteiger partial charge in [-0.25, -0.2) is 4.39 Å². The van der Waals surface area contributed by atoms with Crippen molar-refractivity contribution < 1.29 is 9.13 Å². The molecule has 1 heterocycles. The maximum absolute atomic E-state index is 12.6. The first-order valence-electron chi connectivity index (χ1n) is 3.78. The van der Waals surface area contributed by atoms with E-state index in [1.165, 1.54) is 0 Å². The van der Waals surface area contributed by atoms with Gasteiger partial charge in [0, 0.05) is 19.6 Å².